The summed E-state index contributed by atoms with van der Waals surface area (Å²) in [6, 6.07) is 18.6. The molecule has 2 aromatic carbocycles. The average Bonchev–Trinajstić information content (AvgIpc) is 3.40. The molecule has 1 amide bonds. The Morgan fingerprint density at radius 3 is 2.48 bits per heavy atom. The molecule has 0 radical (unpaired) electrons. The Hall–Kier alpha value is -3.06. The number of rotatable bonds is 5. The van der Waals surface area contributed by atoms with Gasteiger partial charge in [0.15, 0.2) is 21.9 Å². The van der Waals surface area contributed by atoms with Crippen LogP contribution in [0.25, 0.3) is 0 Å². The lowest BCUT2D eigenvalue weighted by atomic mass is 9.98. The predicted molar refractivity (Wildman–Crippen MR) is 112 cm³/mol. The first-order valence-electron chi connectivity index (χ1n) is 9.04. The molecule has 148 valence electrons. The van der Waals surface area contributed by atoms with Crippen molar-refractivity contribution in [3.63, 3.8) is 0 Å². The first-order chi connectivity index (χ1) is 14.1. The summed E-state index contributed by atoms with van der Waals surface area (Å²) in [5, 5.41) is 6.15. The molecule has 0 saturated heterocycles. The Morgan fingerprint density at radius 1 is 1.07 bits per heavy atom. The van der Waals surface area contributed by atoms with E-state index in [1.165, 1.54) is 5.01 Å². The molecule has 1 unspecified atom stereocenters. The van der Waals surface area contributed by atoms with Crippen LogP contribution in [0.2, 0.25) is 0 Å². The van der Waals surface area contributed by atoms with Crippen LogP contribution in [0.15, 0.2) is 74.9 Å². The number of furan rings is 1. The fourth-order valence-corrected chi connectivity index (χ4v) is 3.67. The smallest absolute Gasteiger partial charge is 0.310 e. The Bertz CT molecular complexity index is 1060. The molecule has 1 aliphatic heterocycles. The lowest BCUT2D eigenvalue weighted by Crippen LogP contribution is -2.26. The molecule has 0 saturated carbocycles. The van der Waals surface area contributed by atoms with Crippen LogP contribution in [0.5, 0.6) is 11.5 Å². The molecule has 0 N–H and O–H groups in total. The van der Waals surface area contributed by atoms with E-state index in [2.05, 4.69) is 21.0 Å². The Labute approximate surface area is 176 Å². The molecular weight excluding hydrogens is 436 g/mol. The van der Waals surface area contributed by atoms with Crippen molar-refractivity contribution in [2.75, 3.05) is 14.2 Å². The first-order valence-corrected chi connectivity index (χ1v) is 9.83. The number of ether oxygens (including phenoxy) is 2. The number of benzene rings is 2. The summed E-state index contributed by atoms with van der Waals surface area (Å²) < 4.78 is 16.7. The van der Waals surface area contributed by atoms with Crippen molar-refractivity contribution in [3.05, 3.63) is 82.2 Å². The zero-order valence-electron chi connectivity index (χ0n) is 16.0. The monoisotopic (exact) mass is 454 g/mol. The second-order valence-corrected chi connectivity index (χ2v) is 7.28. The largest absolute Gasteiger partial charge is 0.493 e. The Morgan fingerprint density at radius 2 is 1.83 bits per heavy atom. The normalized spacial score (nSPS) is 15.9. The standard InChI is InChI=1S/C22H19BrN2O4/c1-27-18-9-8-15(12-20(18)28-2)16-13-17(14-6-4-3-5-7-14)25(24-16)22(26)19-10-11-21(23)29-19/h3-12,17H,13H2,1-2H3. The highest BCUT2D eigenvalue weighted by Gasteiger charge is 2.35. The van der Waals surface area contributed by atoms with Gasteiger partial charge < -0.3 is 13.9 Å². The molecule has 6 nitrogen and oxygen atoms in total. The van der Waals surface area contributed by atoms with E-state index >= 15 is 0 Å². The van der Waals surface area contributed by atoms with E-state index in [9.17, 15) is 4.79 Å². The molecule has 0 bridgehead atoms. The average molecular weight is 455 g/mol. The third-order valence-electron chi connectivity index (χ3n) is 4.80. The fraction of sp³-hybridized carbons (Fsp3) is 0.182. The molecular formula is C22H19BrN2O4. The van der Waals surface area contributed by atoms with Crippen LogP contribution in [-0.2, 0) is 0 Å². The van der Waals surface area contributed by atoms with Gasteiger partial charge >= 0.3 is 5.91 Å². The van der Waals surface area contributed by atoms with Crippen LogP contribution >= 0.6 is 15.9 Å². The maximum atomic E-state index is 13.1. The fourth-order valence-electron chi connectivity index (χ4n) is 3.36. The number of hydrogen-bond donors (Lipinski definition) is 0. The highest BCUT2D eigenvalue weighted by molar-refractivity contribution is 9.10. The number of halogens is 1. The number of hydrazone groups is 1. The van der Waals surface area contributed by atoms with E-state index in [4.69, 9.17) is 13.9 Å². The number of nitrogens with zero attached hydrogens (tertiary/aromatic N) is 2. The van der Waals surface area contributed by atoms with Crippen LogP contribution in [0.3, 0.4) is 0 Å². The quantitative estimate of drug-likeness (QED) is 0.540. The van der Waals surface area contributed by atoms with Crippen molar-refractivity contribution >= 4 is 27.5 Å². The molecule has 3 aromatic rings. The molecule has 1 aromatic heterocycles. The topological polar surface area (TPSA) is 64.3 Å². The lowest BCUT2D eigenvalue weighted by molar-refractivity contribution is 0.0677. The zero-order valence-corrected chi connectivity index (χ0v) is 17.5. The molecule has 7 heteroatoms. The van der Waals surface area contributed by atoms with Crippen molar-refractivity contribution in [2.45, 2.75) is 12.5 Å². The van der Waals surface area contributed by atoms with Gasteiger partial charge in [-0.15, -0.1) is 0 Å². The molecule has 0 spiro atoms. The summed E-state index contributed by atoms with van der Waals surface area (Å²) in [5.41, 5.74) is 2.67. The van der Waals surface area contributed by atoms with Gasteiger partial charge in [0.25, 0.3) is 0 Å². The third kappa shape index (κ3) is 3.78. The van der Waals surface area contributed by atoms with E-state index in [1.807, 2.05) is 48.5 Å². The molecule has 4 rings (SSSR count). The van der Waals surface area contributed by atoms with E-state index in [0.29, 0.717) is 22.6 Å². The number of methoxy groups -OCH3 is 2. The minimum atomic E-state index is -0.292. The predicted octanol–water partition coefficient (Wildman–Crippen LogP) is 5.05. The van der Waals surface area contributed by atoms with Crippen molar-refractivity contribution in [3.8, 4) is 11.5 Å². The minimum absolute atomic E-state index is 0.226. The molecule has 1 aliphatic rings. The van der Waals surface area contributed by atoms with Gasteiger partial charge in [-0.25, -0.2) is 5.01 Å². The van der Waals surface area contributed by atoms with E-state index in [0.717, 1.165) is 16.8 Å². The van der Waals surface area contributed by atoms with Gasteiger partial charge in [0, 0.05) is 12.0 Å². The van der Waals surface area contributed by atoms with Gasteiger partial charge in [0.1, 0.15) is 0 Å². The molecule has 2 heterocycles. The highest BCUT2D eigenvalue weighted by atomic mass is 79.9. The second-order valence-electron chi connectivity index (χ2n) is 6.50. The molecule has 29 heavy (non-hydrogen) atoms. The number of carbonyl (C=O) groups is 1. The molecule has 1 atom stereocenters. The molecule has 0 fully saturated rings. The summed E-state index contributed by atoms with van der Waals surface area (Å²) >= 11 is 3.25. The van der Waals surface area contributed by atoms with Crippen molar-refractivity contribution in [2.24, 2.45) is 5.10 Å². The maximum Gasteiger partial charge on any atom is 0.310 e. The van der Waals surface area contributed by atoms with Crippen LogP contribution < -0.4 is 9.47 Å². The van der Waals surface area contributed by atoms with E-state index < -0.39 is 0 Å². The maximum absolute atomic E-state index is 13.1. The second kappa shape index (κ2) is 8.13. The third-order valence-corrected chi connectivity index (χ3v) is 5.23. The van der Waals surface area contributed by atoms with Gasteiger partial charge in [-0.1, -0.05) is 30.3 Å². The van der Waals surface area contributed by atoms with E-state index in [-0.39, 0.29) is 17.7 Å². The summed E-state index contributed by atoms with van der Waals surface area (Å²) in [6.45, 7) is 0. The van der Waals surface area contributed by atoms with Crippen LogP contribution in [0, 0.1) is 0 Å². The van der Waals surface area contributed by atoms with Gasteiger partial charge in [-0.05, 0) is 51.8 Å². The van der Waals surface area contributed by atoms with Crippen LogP contribution in [0.4, 0.5) is 0 Å². The van der Waals surface area contributed by atoms with Crippen LogP contribution in [-0.4, -0.2) is 30.8 Å². The van der Waals surface area contributed by atoms with Gasteiger partial charge in [-0.3, -0.25) is 4.79 Å². The summed E-state index contributed by atoms with van der Waals surface area (Å²) in [5.74, 6) is 1.20. The van der Waals surface area contributed by atoms with Crippen molar-refractivity contribution < 1.29 is 18.7 Å². The molecule has 0 aliphatic carbocycles. The summed E-state index contributed by atoms with van der Waals surface area (Å²) in [6.07, 6.45) is 0.577. The van der Waals surface area contributed by atoms with Crippen molar-refractivity contribution in [1.29, 1.82) is 0 Å². The van der Waals surface area contributed by atoms with Gasteiger partial charge in [0.2, 0.25) is 0 Å². The van der Waals surface area contributed by atoms with Crippen LogP contribution in [0.1, 0.15) is 34.1 Å². The number of amides is 1. The minimum Gasteiger partial charge on any atom is -0.493 e. The van der Waals surface area contributed by atoms with Gasteiger partial charge in [0.05, 0.1) is 26.0 Å². The number of hydrogen-bond acceptors (Lipinski definition) is 5. The summed E-state index contributed by atoms with van der Waals surface area (Å²) in [7, 11) is 3.19. The SMILES string of the molecule is COc1ccc(C2=NN(C(=O)c3ccc(Br)o3)C(c3ccccc3)C2)cc1OC. The lowest BCUT2D eigenvalue weighted by Gasteiger charge is -2.21. The Balaban J connectivity index is 1.73. The number of carbonyl (C=O) groups excluding carboxylic acids is 1. The first kappa shape index (κ1) is 19.3. The Kier molecular flexibility index (Phi) is 5.40. The zero-order chi connectivity index (χ0) is 20.4. The summed E-state index contributed by atoms with van der Waals surface area (Å²) in [4.78, 5) is 13.1. The van der Waals surface area contributed by atoms with E-state index in [1.54, 1.807) is 26.4 Å². The van der Waals surface area contributed by atoms with Crippen molar-refractivity contribution in [1.82, 2.24) is 5.01 Å². The highest BCUT2D eigenvalue weighted by Crippen LogP contribution is 2.36. The van der Waals surface area contributed by atoms with Gasteiger partial charge in [-0.2, -0.15) is 5.10 Å².